The van der Waals surface area contributed by atoms with Crippen LogP contribution in [0, 0.1) is 0 Å². The van der Waals surface area contributed by atoms with E-state index in [-0.39, 0.29) is 30.0 Å². The SMILES string of the molecule is CN=C(NCC(c1ccco1)N1CCCC1)NC1CC1c1ccccc1.I. The van der Waals surface area contributed by atoms with Crippen LogP contribution in [0.25, 0.3) is 0 Å². The van der Waals surface area contributed by atoms with Crippen molar-refractivity contribution in [3.8, 4) is 0 Å². The second kappa shape index (κ2) is 9.59. The first-order chi connectivity index (χ1) is 12.8. The molecule has 1 aliphatic heterocycles. The number of aliphatic imine (C=N–C) groups is 1. The number of nitrogens with zero attached hydrogens (tertiary/aromatic N) is 2. The van der Waals surface area contributed by atoms with Crippen LogP contribution >= 0.6 is 24.0 Å². The maximum Gasteiger partial charge on any atom is 0.191 e. The molecule has 2 aromatic rings. The van der Waals surface area contributed by atoms with Gasteiger partial charge < -0.3 is 15.1 Å². The van der Waals surface area contributed by atoms with Crippen molar-refractivity contribution in [1.29, 1.82) is 0 Å². The van der Waals surface area contributed by atoms with Crippen molar-refractivity contribution in [1.82, 2.24) is 15.5 Å². The van der Waals surface area contributed by atoms with Gasteiger partial charge in [-0.2, -0.15) is 0 Å². The van der Waals surface area contributed by atoms with Crippen molar-refractivity contribution >= 4 is 29.9 Å². The van der Waals surface area contributed by atoms with Gasteiger partial charge in [-0.05, 0) is 50.0 Å². The molecule has 6 heteroatoms. The summed E-state index contributed by atoms with van der Waals surface area (Å²) < 4.78 is 5.70. The van der Waals surface area contributed by atoms with Crippen molar-refractivity contribution in [3.63, 3.8) is 0 Å². The maximum absolute atomic E-state index is 5.70. The summed E-state index contributed by atoms with van der Waals surface area (Å²) in [6.07, 6.45) is 5.47. The summed E-state index contributed by atoms with van der Waals surface area (Å²) >= 11 is 0. The van der Waals surface area contributed by atoms with Crippen molar-refractivity contribution < 1.29 is 4.42 Å². The molecule has 4 rings (SSSR count). The van der Waals surface area contributed by atoms with Gasteiger partial charge in [0.05, 0.1) is 12.3 Å². The summed E-state index contributed by atoms with van der Waals surface area (Å²) in [4.78, 5) is 6.92. The fourth-order valence-corrected chi connectivity index (χ4v) is 3.93. The highest BCUT2D eigenvalue weighted by Crippen LogP contribution is 2.40. The first kappa shape index (κ1) is 20.2. The number of rotatable bonds is 6. The van der Waals surface area contributed by atoms with E-state index < -0.39 is 0 Å². The Morgan fingerprint density at radius 1 is 1.19 bits per heavy atom. The van der Waals surface area contributed by atoms with E-state index in [2.05, 4.69) is 56.9 Å². The average molecular weight is 480 g/mol. The Morgan fingerprint density at radius 3 is 2.63 bits per heavy atom. The molecule has 0 amide bonds. The van der Waals surface area contributed by atoms with Gasteiger partial charge >= 0.3 is 0 Å². The quantitative estimate of drug-likeness (QED) is 0.376. The zero-order valence-corrected chi connectivity index (χ0v) is 18.1. The van der Waals surface area contributed by atoms with Gasteiger partial charge in [0.2, 0.25) is 0 Å². The fraction of sp³-hybridized carbons (Fsp3) is 0.476. The van der Waals surface area contributed by atoms with Crippen LogP contribution in [0.5, 0.6) is 0 Å². The van der Waals surface area contributed by atoms with Gasteiger partial charge in [0, 0.05) is 25.6 Å². The normalized spacial score (nSPS) is 23.5. The molecule has 1 saturated carbocycles. The minimum Gasteiger partial charge on any atom is -0.468 e. The Morgan fingerprint density at radius 2 is 1.96 bits per heavy atom. The molecule has 0 spiro atoms. The second-order valence-corrected chi connectivity index (χ2v) is 7.23. The van der Waals surface area contributed by atoms with Gasteiger partial charge in [-0.15, -0.1) is 24.0 Å². The molecule has 2 N–H and O–H groups in total. The molecular formula is C21H29IN4O. The van der Waals surface area contributed by atoms with Crippen LogP contribution in [0.4, 0.5) is 0 Å². The van der Waals surface area contributed by atoms with Crippen LogP contribution in [0.3, 0.4) is 0 Å². The average Bonchev–Trinajstić information content (AvgIpc) is 3.09. The van der Waals surface area contributed by atoms with E-state index in [1.165, 1.54) is 24.8 Å². The van der Waals surface area contributed by atoms with Gasteiger partial charge in [-0.25, -0.2) is 0 Å². The van der Waals surface area contributed by atoms with Crippen LogP contribution in [0.2, 0.25) is 0 Å². The zero-order valence-electron chi connectivity index (χ0n) is 15.8. The monoisotopic (exact) mass is 480 g/mol. The molecular weight excluding hydrogens is 451 g/mol. The van der Waals surface area contributed by atoms with Crippen LogP contribution in [-0.2, 0) is 0 Å². The Labute approximate surface area is 178 Å². The molecule has 146 valence electrons. The fourth-order valence-electron chi connectivity index (χ4n) is 3.93. The lowest BCUT2D eigenvalue weighted by Gasteiger charge is -2.26. The Balaban J connectivity index is 0.00000210. The van der Waals surface area contributed by atoms with E-state index >= 15 is 0 Å². The molecule has 1 aromatic carbocycles. The van der Waals surface area contributed by atoms with E-state index in [1.807, 2.05) is 13.1 Å². The summed E-state index contributed by atoms with van der Waals surface area (Å²) in [6.45, 7) is 3.07. The number of likely N-dealkylation sites (tertiary alicyclic amines) is 1. The number of guanidine groups is 1. The maximum atomic E-state index is 5.70. The third-order valence-electron chi connectivity index (χ3n) is 5.48. The predicted octanol–water partition coefficient (Wildman–Crippen LogP) is 3.76. The third kappa shape index (κ3) is 5.04. The summed E-state index contributed by atoms with van der Waals surface area (Å²) in [5, 5.41) is 7.09. The Kier molecular flexibility index (Phi) is 7.18. The van der Waals surface area contributed by atoms with Crippen molar-refractivity contribution in [2.24, 2.45) is 4.99 Å². The summed E-state index contributed by atoms with van der Waals surface area (Å²) in [6, 6.07) is 15.5. The standard InChI is InChI=1S/C21H28N4O.HI/c1-22-21(24-18-14-17(18)16-8-3-2-4-9-16)23-15-19(20-10-7-13-26-20)25-11-5-6-12-25;/h2-4,7-10,13,17-19H,5-6,11-12,14-15H2,1H3,(H2,22,23,24);1H. The highest BCUT2D eigenvalue weighted by atomic mass is 127. The molecule has 1 aromatic heterocycles. The number of nitrogens with one attached hydrogen (secondary N) is 2. The second-order valence-electron chi connectivity index (χ2n) is 7.23. The molecule has 2 heterocycles. The van der Waals surface area contributed by atoms with Crippen LogP contribution < -0.4 is 10.6 Å². The number of hydrogen-bond donors (Lipinski definition) is 2. The molecule has 3 atom stereocenters. The minimum absolute atomic E-state index is 0. The first-order valence-corrected chi connectivity index (χ1v) is 9.64. The van der Waals surface area contributed by atoms with Crippen molar-refractivity contribution in [2.75, 3.05) is 26.7 Å². The van der Waals surface area contributed by atoms with Gasteiger partial charge in [-0.1, -0.05) is 30.3 Å². The van der Waals surface area contributed by atoms with Crippen LogP contribution in [0.1, 0.15) is 42.5 Å². The molecule has 1 aliphatic carbocycles. The molecule has 5 nitrogen and oxygen atoms in total. The van der Waals surface area contributed by atoms with Crippen LogP contribution in [-0.4, -0.2) is 43.6 Å². The molecule has 2 fully saturated rings. The van der Waals surface area contributed by atoms with Gasteiger partial charge in [-0.3, -0.25) is 9.89 Å². The van der Waals surface area contributed by atoms with E-state index in [0.29, 0.717) is 12.0 Å². The van der Waals surface area contributed by atoms with Gasteiger partial charge in [0.1, 0.15) is 5.76 Å². The summed E-state index contributed by atoms with van der Waals surface area (Å²) in [5.74, 6) is 2.50. The van der Waals surface area contributed by atoms with E-state index in [9.17, 15) is 0 Å². The van der Waals surface area contributed by atoms with Crippen molar-refractivity contribution in [2.45, 2.75) is 37.3 Å². The smallest absolute Gasteiger partial charge is 0.191 e. The summed E-state index contributed by atoms with van der Waals surface area (Å²) in [7, 11) is 1.84. The number of benzene rings is 1. The highest BCUT2D eigenvalue weighted by molar-refractivity contribution is 14.0. The third-order valence-corrected chi connectivity index (χ3v) is 5.48. The van der Waals surface area contributed by atoms with E-state index in [0.717, 1.165) is 31.4 Å². The number of halogens is 1. The number of hydrogen-bond acceptors (Lipinski definition) is 3. The largest absolute Gasteiger partial charge is 0.468 e. The van der Waals surface area contributed by atoms with E-state index in [4.69, 9.17) is 4.42 Å². The zero-order chi connectivity index (χ0) is 17.8. The van der Waals surface area contributed by atoms with Gasteiger partial charge in [0.25, 0.3) is 0 Å². The first-order valence-electron chi connectivity index (χ1n) is 9.64. The Bertz CT molecular complexity index is 713. The van der Waals surface area contributed by atoms with Gasteiger partial charge in [0.15, 0.2) is 5.96 Å². The molecule has 1 saturated heterocycles. The number of furan rings is 1. The molecule has 27 heavy (non-hydrogen) atoms. The predicted molar refractivity (Wildman–Crippen MR) is 120 cm³/mol. The molecule has 2 aliphatic rings. The molecule has 0 radical (unpaired) electrons. The van der Waals surface area contributed by atoms with Crippen LogP contribution in [0.15, 0.2) is 58.1 Å². The molecule has 0 bridgehead atoms. The van der Waals surface area contributed by atoms with Crippen molar-refractivity contribution in [3.05, 3.63) is 60.1 Å². The van der Waals surface area contributed by atoms with E-state index in [1.54, 1.807) is 6.26 Å². The lowest BCUT2D eigenvalue weighted by molar-refractivity contribution is 0.215. The topological polar surface area (TPSA) is 52.8 Å². The minimum atomic E-state index is 0. The Hall–Kier alpha value is -1.54. The lowest BCUT2D eigenvalue weighted by atomic mass is 10.1. The summed E-state index contributed by atoms with van der Waals surface area (Å²) in [5.41, 5.74) is 1.41. The lowest BCUT2D eigenvalue weighted by Crippen LogP contribution is -2.43. The molecule has 3 unspecified atom stereocenters. The highest BCUT2D eigenvalue weighted by Gasteiger charge is 2.39.